The number of rotatable bonds is 4. The van der Waals surface area contributed by atoms with Crippen molar-refractivity contribution in [1.29, 1.82) is 0 Å². The summed E-state index contributed by atoms with van der Waals surface area (Å²) in [6.45, 7) is 0. The number of benzene rings is 2. The Morgan fingerprint density at radius 3 is 2.40 bits per heavy atom. The number of hydrogen-bond acceptors (Lipinski definition) is 3. The molecule has 0 unspecified atom stereocenters. The highest BCUT2D eigenvalue weighted by Gasteiger charge is 2.42. The van der Waals surface area contributed by atoms with Gasteiger partial charge in [0.25, 0.3) is 0 Å². The Labute approximate surface area is 188 Å². The zero-order valence-corrected chi connectivity index (χ0v) is 18.3. The maximum atomic E-state index is 6.36. The van der Waals surface area contributed by atoms with E-state index in [1.54, 1.807) is 6.20 Å². The van der Waals surface area contributed by atoms with Gasteiger partial charge in [0, 0.05) is 21.9 Å². The summed E-state index contributed by atoms with van der Waals surface area (Å²) in [5.74, 6) is 1.66. The van der Waals surface area contributed by atoms with Gasteiger partial charge in [-0.2, -0.15) is 0 Å². The number of pyridine rings is 1. The molecule has 2 aromatic carbocycles. The number of aromatic nitrogens is 1. The Morgan fingerprint density at radius 1 is 0.900 bits per heavy atom. The predicted molar refractivity (Wildman–Crippen MR) is 126 cm³/mol. The van der Waals surface area contributed by atoms with Crippen LogP contribution in [0.15, 0.2) is 100 Å². The lowest BCUT2D eigenvalue weighted by atomic mass is 10.0. The van der Waals surface area contributed by atoms with Gasteiger partial charge in [0.05, 0.1) is 11.7 Å². The molecule has 4 nitrogen and oxygen atoms in total. The van der Waals surface area contributed by atoms with Crippen molar-refractivity contribution in [2.45, 2.75) is 12.1 Å². The molecule has 5 rings (SSSR count). The van der Waals surface area contributed by atoms with Crippen LogP contribution < -0.4 is 10.2 Å². The van der Waals surface area contributed by atoms with E-state index in [0.717, 1.165) is 32.9 Å². The third-order valence-corrected chi connectivity index (χ3v) is 6.02. The van der Waals surface area contributed by atoms with Crippen LogP contribution in [-0.4, -0.2) is 10.1 Å². The van der Waals surface area contributed by atoms with E-state index in [4.69, 9.17) is 16.6 Å². The van der Waals surface area contributed by atoms with Crippen molar-refractivity contribution in [1.82, 2.24) is 10.3 Å². The summed E-state index contributed by atoms with van der Waals surface area (Å²) in [5, 5.41) is 4.11. The Kier molecular flexibility index (Phi) is 5.11. The summed E-state index contributed by atoms with van der Waals surface area (Å²) in [6.07, 6.45) is 1.80. The molecule has 0 radical (unpaired) electrons. The molecule has 1 aliphatic heterocycles. The monoisotopic (exact) mass is 475 g/mol. The van der Waals surface area contributed by atoms with E-state index in [9.17, 15) is 0 Å². The smallest absolute Gasteiger partial charge is 0.174 e. The predicted octanol–water partition coefficient (Wildman–Crippen LogP) is 6.28. The summed E-state index contributed by atoms with van der Waals surface area (Å²) >= 11 is 9.22. The van der Waals surface area contributed by atoms with Gasteiger partial charge < -0.3 is 14.6 Å². The first-order chi connectivity index (χ1) is 14.7. The first-order valence-corrected chi connectivity index (χ1v) is 10.8. The number of nitrogens with zero attached hydrogens (tertiary/aromatic N) is 2. The van der Waals surface area contributed by atoms with Gasteiger partial charge in [-0.25, -0.2) is 0 Å². The van der Waals surface area contributed by atoms with E-state index >= 15 is 0 Å². The number of anilines is 1. The zero-order valence-electron chi connectivity index (χ0n) is 15.9. The average molecular weight is 476 g/mol. The van der Waals surface area contributed by atoms with E-state index in [1.165, 1.54) is 0 Å². The van der Waals surface area contributed by atoms with Crippen LogP contribution in [0.1, 0.15) is 23.5 Å². The number of para-hydroxylation sites is 1. The molecule has 148 valence electrons. The van der Waals surface area contributed by atoms with Crippen LogP contribution in [0.25, 0.3) is 11.3 Å². The maximum absolute atomic E-state index is 6.36. The lowest BCUT2D eigenvalue weighted by Gasteiger charge is -2.26. The number of thiocarbonyl (C=S) groups is 1. The van der Waals surface area contributed by atoms with Gasteiger partial charge in [0.15, 0.2) is 5.11 Å². The van der Waals surface area contributed by atoms with Gasteiger partial charge in [-0.3, -0.25) is 4.98 Å². The van der Waals surface area contributed by atoms with Crippen molar-refractivity contribution >= 4 is 38.9 Å². The Hall–Kier alpha value is -2.96. The van der Waals surface area contributed by atoms with Crippen molar-refractivity contribution in [2.75, 3.05) is 4.90 Å². The summed E-state index contributed by atoms with van der Waals surface area (Å²) in [7, 11) is 0. The van der Waals surface area contributed by atoms with E-state index < -0.39 is 0 Å². The molecule has 30 heavy (non-hydrogen) atoms. The molecule has 1 fully saturated rings. The fourth-order valence-corrected chi connectivity index (χ4v) is 4.40. The Bertz CT molecular complexity index is 1160. The largest absolute Gasteiger partial charge is 0.459 e. The Morgan fingerprint density at radius 2 is 1.67 bits per heavy atom. The maximum Gasteiger partial charge on any atom is 0.174 e. The topological polar surface area (TPSA) is 41.3 Å². The number of halogens is 1. The van der Waals surface area contributed by atoms with E-state index in [-0.39, 0.29) is 12.1 Å². The molecule has 2 aromatic heterocycles. The van der Waals surface area contributed by atoms with Crippen LogP contribution in [0.2, 0.25) is 0 Å². The van der Waals surface area contributed by atoms with Crippen molar-refractivity contribution in [3.05, 3.63) is 107 Å². The fraction of sp³-hybridized carbons (Fsp3) is 0.0833. The third kappa shape index (κ3) is 3.53. The second kappa shape index (κ2) is 8.05. The minimum atomic E-state index is -0.154. The molecule has 0 saturated carbocycles. The van der Waals surface area contributed by atoms with Gasteiger partial charge in [0.2, 0.25) is 0 Å². The van der Waals surface area contributed by atoms with E-state index in [2.05, 4.69) is 43.3 Å². The molecule has 1 saturated heterocycles. The highest BCUT2D eigenvalue weighted by atomic mass is 79.9. The number of hydrogen-bond donors (Lipinski definition) is 1. The first-order valence-electron chi connectivity index (χ1n) is 9.62. The molecule has 0 spiro atoms. The molecule has 1 N–H and O–H groups in total. The van der Waals surface area contributed by atoms with Crippen molar-refractivity contribution in [3.63, 3.8) is 0 Å². The average Bonchev–Trinajstić information content (AvgIpc) is 3.40. The second-order valence-corrected chi connectivity index (χ2v) is 8.34. The van der Waals surface area contributed by atoms with Crippen LogP contribution >= 0.6 is 28.1 Å². The molecule has 1 aliphatic rings. The number of nitrogens with one attached hydrogen (secondary N) is 1. The van der Waals surface area contributed by atoms with Crippen LogP contribution in [0.4, 0.5) is 5.69 Å². The third-order valence-electron chi connectivity index (χ3n) is 5.18. The lowest BCUT2D eigenvalue weighted by Crippen LogP contribution is -2.29. The summed E-state index contributed by atoms with van der Waals surface area (Å²) in [5.41, 5.74) is 2.96. The highest BCUT2D eigenvalue weighted by Crippen LogP contribution is 2.42. The van der Waals surface area contributed by atoms with Gasteiger partial charge in [-0.05, 0) is 60.7 Å². The molecule has 0 aliphatic carbocycles. The zero-order chi connectivity index (χ0) is 20.5. The van der Waals surface area contributed by atoms with Crippen molar-refractivity contribution in [3.8, 4) is 11.3 Å². The minimum absolute atomic E-state index is 0.122. The Balaban J connectivity index is 1.59. The molecule has 4 aromatic rings. The normalized spacial score (nSPS) is 18.4. The van der Waals surface area contributed by atoms with Crippen LogP contribution in [0, 0.1) is 0 Å². The van der Waals surface area contributed by atoms with Gasteiger partial charge in [0.1, 0.15) is 17.6 Å². The first kappa shape index (κ1) is 19.0. The van der Waals surface area contributed by atoms with Crippen molar-refractivity contribution in [2.24, 2.45) is 0 Å². The molecule has 3 heterocycles. The van der Waals surface area contributed by atoms with Crippen LogP contribution in [-0.2, 0) is 0 Å². The lowest BCUT2D eigenvalue weighted by molar-refractivity contribution is 0.439. The summed E-state index contributed by atoms with van der Waals surface area (Å²) < 4.78 is 7.40. The number of furan rings is 1. The summed E-state index contributed by atoms with van der Waals surface area (Å²) in [6, 6.07) is 27.9. The van der Waals surface area contributed by atoms with Crippen molar-refractivity contribution < 1.29 is 4.42 Å². The van der Waals surface area contributed by atoms with Gasteiger partial charge in [-0.1, -0.05) is 52.3 Å². The minimum Gasteiger partial charge on any atom is -0.459 e. The highest BCUT2D eigenvalue weighted by molar-refractivity contribution is 9.10. The van der Waals surface area contributed by atoms with Gasteiger partial charge in [-0.15, -0.1) is 0 Å². The summed E-state index contributed by atoms with van der Waals surface area (Å²) in [4.78, 5) is 6.69. The van der Waals surface area contributed by atoms with E-state index in [1.807, 2.05) is 72.8 Å². The molecular weight excluding hydrogens is 458 g/mol. The SMILES string of the molecule is S=C1N[C@@H](c2ccccn2)[C@@H](c2ccc(-c3ccc(Br)cc3)o2)N1c1ccccc1. The van der Waals surface area contributed by atoms with Crippen LogP contribution in [0.3, 0.4) is 0 Å². The molecule has 0 bridgehead atoms. The molecule has 2 atom stereocenters. The van der Waals surface area contributed by atoms with Crippen LogP contribution in [0.5, 0.6) is 0 Å². The van der Waals surface area contributed by atoms with E-state index in [0.29, 0.717) is 5.11 Å². The molecular formula is C24H18BrN3OS. The molecule has 0 amide bonds. The standard InChI is InChI=1S/C24H18BrN3OS/c25-17-11-9-16(10-12-17)20-13-14-21(29-20)23-22(19-8-4-5-15-26-19)27-24(30)28(23)18-6-2-1-3-7-18/h1-15,22-23H,(H,27,30)/t22-,23+/m0/s1. The van der Waals surface area contributed by atoms with Gasteiger partial charge >= 0.3 is 0 Å². The fourth-order valence-electron chi connectivity index (χ4n) is 3.79. The molecule has 6 heteroatoms. The quantitative estimate of drug-likeness (QED) is 0.351. The second-order valence-electron chi connectivity index (χ2n) is 7.04.